The van der Waals surface area contributed by atoms with Crippen molar-refractivity contribution in [1.82, 2.24) is 10.2 Å². The van der Waals surface area contributed by atoms with Crippen molar-refractivity contribution in [2.75, 3.05) is 27.2 Å². The summed E-state index contributed by atoms with van der Waals surface area (Å²) >= 11 is 0. The van der Waals surface area contributed by atoms with Gasteiger partial charge in [0.1, 0.15) is 11.9 Å². The second kappa shape index (κ2) is 20.7. The fourth-order valence-corrected chi connectivity index (χ4v) is 4.66. The molecule has 2 rings (SSSR count). The molecular weight excluding hydrogens is 506 g/mol. The summed E-state index contributed by atoms with van der Waals surface area (Å²) in [6.07, 6.45) is 8.44. The number of nitrogens with zero attached hydrogens (tertiary/aromatic N) is 2. The molecule has 0 aliphatic carbocycles. The quantitative estimate of drug-likeness (QED) is 0.156. The number of hydrogen-bond donors (Lipinski definition) is 1. The number of nitrogens with one attached hydrogen (secondary N) is 1. The van der Waals surface area contributed by atoms with Gasteiger partial charge in [0, 0.05) is 38.1 Å². The van der Waals surface area contributed by atoms with Crippen molar-refractivity contribution >= 4 is 12.0 Å². The third-order valence-electron chi connectivity index (χ3n) is 7.35. The first kappa shape index (κ1) is 35.8. The molecule has 0 saturated carbocycles. The zero-order valence-electron chi connectivity index (χ0n) is 27.0. The number of rotatable bonds is 17. The standard InChI is InChI=1S/C21H29NO.C15H26N2O/c1-4-17(2)16-19-12-8-9-13-20(19)23-21(14-15-22-3)18-10-6-5-7-11-18;1-7-10-17(6)15(12(4)8-2)14(13(5)18)11-16-9-3/h5-13,17,21-22H,4,14-16H2,1-3H3;9,11-12H,3,7-8,10H2,1-2,4-6H3/b;15-14-,16-11?. The van der Waals surface area contributed by atoms with Crippen LogP contribution in [0.25, 0.3) is 0 Å². The number of ketones is 1. The van der Waals surface area contributed by atoms with Crippen molar-refractivity contribution in [3.8, 4) is 5.75 Å². The molecule has 0 aliphatic rings. The second-order valence-electron chi connectivity index (χ2n) is 10.8. The van der Waals surface area contributed by atoms with Gasteiger partial charge in [0.25, 0.3) is 0 Å². The van der Waals surface area contributed by atoms with E-state index < -0.39 is 0 Å². The topological polar surface area (TPSA) is 53.9 Å². The van der Waals surface area contributed by atoms with E-state index >= 15 is 0 Å². The van der Waals surface area contributed by atoms with Crippen molar-refractivity contribution in [2.45, 2.75) is 79.8 Å². The minimum Gasteiger partial charge on any atom is -0.485 e. The summed E-state index contributed by atoms with van der Waals surface area (Å²) in [6.45, 7) is 18.0. The molecule has 3 atom stereocenters. The summed E-state index contributed by atoms with van der Waals surface area (Å²) in [5, 5.41) is 3.23. The molecule has 0 spiro atoms. The molecule has 2 aromatic rings. The fraction of sp³-hybridized carbons (Fsp3) is 0.500. The number of hydrogen-bond acceptors (Lipinski definition) is 5. The summed E-state index contributed by atoms with van der Waals surface area (Å²) < 4.78 is 6.44. The molecule has 41 heavy (non-hydrogen) atoms. The molecule has 5 heteroatoms. The fourth-order valence-electron chi connectivity index (χ4n) is 4.66. The average Bonchev–Trinajstić information content (AvgIpc) is 2.98. The Bertz CT molecular complexity index is 1080. The van der Waals surface area contributed by atoms with Crippen LogP contribution < -0.4 is 10.1 Å². The lowest BCUT2D eigenvalue weighted by Crippen LogP contribution is -2.26. The van der Waals surface area contributed by atoms with Crippen LogP contribution in [0.15, 0.2) is 83.6 Å². The molecule has 0 saturated heterocycles. The summed E-state index contributed by atoms with van der Waals surface area (Å²) in [5.41, 5.74) is 4.32. The highest BCUT2D eigenvalue weighted by Gasteiger charge is 2.19. The highest BCUT2D eigenvalue weighted by molar-refractivity contribution is 6.12. The number of Topliss-reactive ketones (excluding diaryl/α,β-unsaturated/α-hetero) is 1. The third-order valence-corrected chi connectivity index (χ3v) is 7.35. The van der Waals surface area contributed by atoms with E-state index in [4.69, 9.17) is 4.74 Å². The first-order valence-electron chi connectivity index (χ1n) is 15.3. The summed E-state index contributed by atoms with van der Waals surface area (Å²) in [5.74, 6) is 2.10. The molecule has 226 valence electrons. The van der Waals surface area contributed by atoms with Crippen molar-refractivity contribution < 1.29 is 9.53 Å². The molecule has 0 fully saturated rings. The molecule has 5 nitrogen and oxygen atoms in total. The smallest absolute Gasteiger partial charge is 0.163 e. The number of para-hydroxylation sites is 1. The summed E-state index contributed by atoms with van der Waals surface area (Å²) in [6, 6.07) is 19.0. The Labute approximate surface area is 250 Å². The van der Waals surface area contributed by atoms with E-state index in [1.807, 2.05) is 14.1 Å². The van der Waals surface area contributed by atoms with E-state index in [0.29, 0.717) is 17.4 Å². The number of carbonyl (C=O) groups excluding carboxylic acids is 1. The van der Waals surface area contributed by atoms with E-state index in [-0.39, 0.29) is 11.9 Å². The number of carbonyl (C=O) groups is 1. The maximum absolute atomic E-state index is 11.8. The van der Waals surface area contributed by atoms with Gasteiger partial charge in [0.15, 0.2) is 5.78 Å². The second-order valence-corrected chi connectivity index (χ2v) is 10.8. The lowest BCUT2D eigenvalue weighted by molar-refractivity contribution is -0.113. The van der Waals surface area contributed by atoms with Gasteiger partial charge in [0.05, 0.1) is 5.57 Å². The lowest BCUT2D eigenvalue weighted by Gasteiger charge is -2.28. The van der Waals surface area contributed by atoms with Gasteiger partial charge < -0.3 is 15.0 Å². The number of aliphatic imine (C=N–C) groups is 1. The van der Waals surface area contributed by atoms with E-state index in [2.05, 4.69) is 111 Å². The maximum Gasteiger partial charge on any atom is 0.163 e. The van der Waals surface area contributed by atoms with Crippen LogP contribution in [-0.4, -0.2) is 44.1 Å². The Balaban J connectivity index is 0.000000425. The number of benzene rings is 2. The third kappa shape index (κ3) is 12.9. The monoisotopic (exact) mass is 561 g/mol. The number of allylic oxidation sites excluding steroid dienone is 2. The molecule has 2 aromatic carbocycles. The molecule has 0 heterocycles. The number of ether oxygens (including phenoxy) is 1. The van der Waals surface area contributed by atoms with Crippen molar-refractivity contribution in [3.63, 3.8) is 0 Å². The normalized spacial score (nSPS) is 13.9. The van der Waals surface area contributed by atoms with Crippen LogP contribution in [0.5, 0.6) is 5.75 Å². The van der Waals surface area contributed by atoms with E-state index in [1.165, 1.54) is 23.7 Å². The summed E-state index contributed by atoms with van der Waals surface area (Å²) in [4.78, 5) is 18.0. The van der Waals surface area contributed by atoms with Crippen molar-refractivity contribution in [1.29, 1.82) is 0 Å². The van der Waals surface area contributed by atoms with Gasteiger partial charge in [-0.15, -0.1) is 0 Å². The lowest BCUT2D eigenvalue weighted by atomic mass is 9.97. The average molecular weight is 562 g/mol. The highest BCUT2D eigenvalue weighted by Crippen LogP contribution is 2.29. The summed E-state index contributed by atoms with van der Waals surface area (Å²) in [7, 11) is 4.02. The molecule has 0 radical (unpaired) electrons. The highest BCUT2D eigenvalue weighted by atomic mass is 16.5. The maximum atomic E-state index is 11.8. The van der Waals surface area contributed by atoms with Gasteiger partial charge in [-0.1, -0.05) is 96.1 Å². The first-order valence-corrected chi connectivity index (χ1v) is 15.3. The molecule has 1 N–H and O–H groups in total. The SMILES string of the molecule is C=CN=C/C(C(C)=O)=C(\C(C)CC)N(C)CCC.CCC(C)Cc1ccccc1OC(CCNC)c1ccccc1. The Kier molecular flexibility index (Phi) is 18.1. The zero-order valence-corrected chi connectivity index (χ0v) is 27.0. The largest absolute Gasteiger partial charge is 0.485 e. The Morgan fingerprint density at radius 3 is 2.27 bits per heavy atom. The molecule has 3 unspecified atom stereocenters. The van der Waals surface area contributed by atoms with Crippen LogP contribution >= 0.6 is 0 Å². The minimum atomic E-state index is 0.0545. The van der Waals surface area contributed by atoms with E-state index in [1.54, 1.807) is 13.1 Å². The Morgan fingerprint density at radius 1 is 1.05 bits per heavy atom. The van der Waals surface area contributed by atoms with Crippen LogP contribution in [0.1, 0.15) is 84.5 Å². The van der Waals surface area contributed by atoms with Crippen LogP contribution in [0.3, 0.4) is 0 Å². The molecule has 0 aromatic heterocycles. The van der Waals surface area contributed by atoms with Crippen LogP contribution in [-0.2, 0) is 11.2 Å². The van der Waals surface area contributed by atoms with E-state index in [9.17, 15) is 4.79 Å². The van der Waals surface area contributed by atoms with Crippen LogP contribution in [0.2, 0.25) is 0 Å². The minimum absolute atomic E-state index is 0.0545. The van der Waals surface area contributed by atoms with Gasteiger partial charge in [-0.05, 0) is 68.8 Å². The van der Waals surface area contributed by atoms with Gasteiger partial charge >= 0.3 is 0 Å². The Morgan fingerprint density at radius 2 is 1.71 bits per heavy atom. The van der Waals surface area contributed by atoms with Crippen LogP contribution in [0, 0.1) is 11.8 Å². The predicted octanol–water partition coefficient (Wildman–Crippen LogP) is 8.44. The molecule has 0 amide bonds. The van der Waals surface area contributed by atoms with Gasteiger partial charge in [-0.2, -0.15) is 0 Å². The Hall–Kier alpha value is -3.18. The van der Waals surface area contributed by atoms with Crippen molar-refractivity contribution in [2.24, 2.45) is 16.8 Å². The molecule has 0 bridgehead atoms. The van der Waals surface area contributed by atoms with Crippen molar-refractivity contribution in [3.05, 3.63) is 89.8 Å². The predicted molar refractivity (Wildman–Crippen MR) is 177 cm³/mol. The van der Waals surface area contributed by atoms with Gasteiger partial charge in [-0.25, -0.2) is 0 Å². The van der Waals surface area contributed by atoms with Gasteiger partial charge in [0.2, 0.25) is 0 Å². The first-order chi connectivity index (χ1) is 19.7. The molecular formula is C36H55N3O2. The van der Waals surface area contributed by atoms with Gasteiger partial charge in [-0.3, -0.25) is 9.79 Å². The van der Waals surface area contributed by atoms with E-state index in [0.717, 1.165) is 50.2 Å². The van der Waals surface area contributed by atoms with Crippen LogP contribution in [0.4, 0.5) is 0 Å². The molecule has 0 aliphatic heterocycles. The zero-order chi connectivity index (χ0) is 30.6.